The lowest BCUT2D eigenvalue weighted by atomic mass is 10.1. The van der Waals surface area contributed by atoms with Crippen LogP contribution in [0.1, 0.15) is 5.69 Å². The number of nitrogens with one attached hydrogen (secondary N) is 2. The molecule has 1 aromatic heterocycles. The second-order valence-corrected chi connectivity index (χ2v) is 4.76. The summed E-state index contributed by atoms with van der Waals surface area (Å²) in [5, 5.41) is 3.15. The number of anilines is 1. The molecule has 0 radical (unpaired) electrons. The summed E-state index contributed by atoms with van der Waals surface area (Å²) in [7, 11) is 1.92. The fraction of sp³-hybridized carbons (Fsp3) is 0.118. The summed E-state index contributed by atoms with van der Waals surface area (Å²) < 4.78 is 0. The molecule has 3 rings (SSSR count). The van der Waals surface area contributed by atoms with E-state index in [-0.39, 0.29) is 0 Å². The molecule has 3 aromatic rings. The van der Waals surface area contributed by atoms with E-state index in [0.717, 1.165) is 34.0 Å². The number of benzene rings is 2. The van der Waals surface area contributed by atoms with E-state index in [1.165, 1.54) is 0 Å². The Balaban J connectivity index is 2.04. The van der Waals surface area contributed by atoms with Gasteiger partial charge in [0, 0.05) is 29.6 Å². The third-order valence-corrected chi connectivity index (χ3v) is 3.36. The quantitative estimate of drug-likeness (QED) is 0.747. The SMILES string of the molecule is CNc1cccc(-c2nc(-c3ccccc3)c(C)[nH]2)c1. The molecule has 0 aliphatic carbocycles. The average molecular weight is 263 g/mol. The van der Waals surface area contributed by atoms with Crippen molar-refractivity contribution in [3.05, 3.63) is 60.3 Å². The summed E-state index contributed by atoms with van der Waals surface area (Å²) in [6.07, 6.45) is 0. The van der Waals surface area contributed by atoms with Crippen LogP contribution in [-0.4, -0.2) is 17.0 Å². The first-order valence-corrected chi connectivity index (χ1v) is 6.68. The monoisotopic (exact) mass is 263 g/mol. The highest BCUT2D eigenvalue weighted by atomic mass is 14.9. The van der Waals surface area contributed by atoms with Crippen LogP contribution in [0.25, 0.3) is 22.6 Å². The molecule has 0 bridgehead atoms. The van der Waals surface area contributed by atoms with E-state index in [4.69, 9.17) is 4.98 Å². The van der Waals surface area contributed by atoms with E-state index in [2.05, 4.69) is 41.5 Å². The zero-order valence-electron chi connectivity index (χ0n) is 11.6. The van der Waals surface area contributed by atoms with Crippen LogP contribution in [0.4, 0.5) is 5.69 Å². The number of rotatable bonds is 3. The van der Waals surface area contributed by atoms with Crippen molar-refractivity contribution in [1.82, 2.24) is 9.97 Å². The van der Waals surface area contributed by atoms with Crippen molar-refractivity contribution in [2.75, 3.05) is 12.4 Å². The predicted molar refractivity (Wildman–Crippen MR) is 83.7 cm³/mol. The topological polar surface area (TPSA) is 40.7 Å². The molecule has 0 unspecified atom stereocenters. The Morgan fingerprint density at radius 2 is 1.70 bits per heavy atom. The summed E-state index contributed by atoms with van der Waals surface area (Å²) in [5.74, 6) is 0.901. The van der Waals surface area contributed by atoms with Crippen LogP contribution in [0.2, 0.25) is 0 Å². The Labute approximate surface area is 118 Å². The molecule has 2 N–H and O–H groups in total. The number of H-pyrrole nitrogens is 1. The Hall–Kier alpha value is -2.55. The van der Waals surface area contributed by atoms with E-state index in [0.29, 0.717) is 0 Å². The molecule has 0 atom stereocenters. The van der Waals surface area contributed by atoms with Crippen LogP contribution < -0.4 is 5.32 Å². The number of nitrogens with zero attached hydrogens (tertiary/aromatic N) is 1. The van der Waals surface area contributed by atoms with E-state index in [9.17, 15) is 0 Å². The van der Waals surface area contributed by atoms with Gasteiger partial charge in [0.25, 0.3) is 0 Å². The van der Waals surface area contributed by atoms with E-state index < -0.39 is 0 Å². The van der Waals surface area contributed by atoms with Gasteiger partial charge in [0.05, 0.1) is 5.69 Å². The van der Waals surface area contributed by atoms with Gasteiger partial charge < -0.3 is 10.3 Å². The maximum atomic E-state index is 4.74. The third-order valence-electron chi connectivity index (χ3n) is 3.36. The average Bonchev–Trinajstić information content (AvgIpc) is 2.90. The first-order valence-electron chi connectivity index (χ1n) is 6.68. The van der Waals surface area contributed by atoms with Crippen LogP contribution >= 0.6 is 0 Å². The summed E-state index contributed by atoms with van der Waals surface area (Å²) in [6.45, 7) is 2.06. The molecule has 0 aliphatic heterocycles. The van der Waals surface area contributed by atoms with E-state index >= 15 is 0 Å². The van der Waals surface area contributed by atoms with Gasteiger partial charge in [-0.15, -0.1) is 0 Å². The lowest BCUT2D eigenvalue weighted by Crippen LogP contribution is -1.88. The molecule has 0 spiro atoms. The molecule has 2 aromatic carbocycles. The Morgan fingerprint density at radius 1 is 0.950 bits per heavy atom. The number of aromatic amines is 1. The first kappa shape index (κ1) is 12.5. The van der Waals surface area contributed by atoms with Gasteiger partial charge in [-0.1, -0.05) is 42.5 Å². The molecule has 3 heteroatoms. The van der Waals surface area contributed by atoms with Crippen molar-refractivity contribution in [3.8, 4) is 22.6 Å². The number of hydrogen-bond donors (Lipinski definition) is 2. The van der Waals surface area contributed by atoms with Crippen LogP contribution in [0, 0.1) is 6.92 Å². The van der Waals surface area contributed by atoms with Crippen molar-refractivity contribution in [1.29, 1.82) is 0 Å². The van der Waals surface area contributed by atoms with Gasteiger partial charge in [0.1, 0.15) is 5.82 Å². The maximum Gasteiger partial charge on any atom is 0.138 e. The standard InChI is InChI=1S/C17H17N3/c1-12-16(13-7-4-3-5-8-13)20-17(19-12)14-9-6-10-15(11-14)18-2/h3-11,18H,1-2H3,(H,19,20). The highest BCUT2D eigenvalue weighted by Gasteiger charge is 2.10. The molecule has 0 fully saturated rings. The van der Waals surface area contributed by atoms with Gasteiger partial charge in [-0.2, -0.15) is 0 Å². The molecule has 0 aliphatic rings. The summed E-state index contributed by atoms with van der Waals surface area (Å²) in [6, 6.07) is 18.5. The normalized spacial score (nSPS) is 10.5. The third kappa shape index (κ3) is 2.30. The molecule has 0 saturated carbocycles. The predicted octanol–water partition coefficient (Wildman–Crippen LogP) is 4.09. The van der Waals surface area contributed by atoms with Crippen LogP contribution in [-0.2, 0) is 0 Å². The molecule has 20 heavy (non-hydrogen) atoms. The van der Waals surface area contributed by atoms with Gasteiger partial charge in [0.2, 0.25) is 0 Å². The van der Waals surface area contributed by atoms with Crippen LogP contribution in [0.15, 0.2) is 54.6 Å². The van der Waals surface area contributed by atoms with Crippen LogP contribution in [0.5, 0.6) is 0 Å². The first-order chi connectivity index (χ1) is 9.78. The highest BCUT2D eigenvalue weighted by Crippen LogP contribution is 2.26. The largest absolute Gasteiger partial charge is 0.388 e. The second kappa shape index (κ2) is 5.21. The van der Waals surface area contributed by atoms with Gasteiger partial charge in [0.15, 0.2) is 0 Å². The minimum absolute atomic E-state index is 0.901. The molecular weight excluding hydrogens is 246 g/mol. The van der Waals surface area contributed by atoms with Crippen molar-refractivity contribution in [2.24, 2.45) is 0 Å². The highest BCUT2D eigenvalue weighted by molar-refractivity contribution is 5.69. The van der Waals surface area contributed by atoms with Gasteiger partial charge in [-0.3, -0.25) is 0 Å². The minimum Gasteiger partial charge on any atom is -0.388 e. The fourth-order valence-corrected chi connectivity index (χ4v) is 2.30. The van der Waals surface area contributed by atoms with Crippen molar-refractivity contribution in [2.45, 2.75) is 6.92 Å². The zero-order valence-corrected chi connectivity index (χ0v) is 11.6. The zero-order chi connectivity index (χ0) is 13.9. The smallest absolute Gasteiger partial charge is 0.138 e. The summed E-state index contributed by atoms with van der Waals surface area (Å²) in [5.41, 5.74) is 5.40. The maximum absolute atomic E-state index is 4.74. The molecule has 100 valence electrons. The molecule has 0 saturated heterocycles. The van der Waals surface area contributed by atoms with Gasteiger partial charge in [-0.25, -0.2) is 4.98 Å². The van der Waals surface area contributed by atoms with Crippen LogP contribution in [0.3, 0.4) is 0 Å². The minimum atomic E-state index is 0.901. The Morgan fingerprint density at radius 3 is 2.45 bits per heavy atom. The molecule has 0 amide bonds. The second-order valence-electron chi connectivity index (χ2n) is 4.76. The number of imidazole rings is 1. The lowest BCUT2D eigenvalue weighted by Gasteiger charge is -2.01. The summed E-state index contributed by atoms with van der Waals surface area (Å²) in [4.78, 5) is 8.11. The molecule has 3 nitrogen and oxygen atoms in total. The molecule has 1 heterocycles. The number of aryl methyl sites for hydroxylation is 1. The fourth-order valence-electron chi connectivity index (χ4n) is 2.30. The summed E-state index contributed by atoms with van der Waals surface area (Å²) >= 11 is 0. The van der Waals surface area contributed by atoms with Gasteiger partial charge in [-0.05, 0) is 19.1 Å². The van der Waals surface area contributed by atoms with Crippen molar-refractivity contribution >= 4 is 5.69 Å². The van der Waals surface area contributed by atoms with E-state index in [1.807, 2.05) is 37.4 Å². The van der Waals surface area contributed by atoms with E-state index in [1.54, 1.807) is 0 Å². The lowest BCUT2D eigenvalue weighted by molar-refractivity contribution is 1.25. The Kier molecular flexibility index (Phi) is 3.25. The van der Waals surface area contributed by atoms with Crippen molar-refractivity contribution < 1.29 is 0 Å². The number of aromatic nitrogens is 2. The number of hydrogen-bond acceptors (Lipinski definition) is 2. The molecular formula is C17H17N3. The van der Waals surface area contributed by atoms with Crippen molar-refractivity contribution in [3.63, 3.8) is 0 Å². The Bertz CT molecular complexity index is 714. The van der Waals surface area contributed by atoms with Gasteiger partial charge >= 0.3 is 0 Å².